The zero-order chi connectivity index (χ0) is 88.8. The number of nitrogens with zero attached hydrogens (tertiary/aromatic N) is 12. The van der Waals surface area contributed by atoms with Gasteiger partial charge in [-0.2, -0.15) is 70.1 Å². The van der Waals surface area contributed by atoms with Crippen LogP contribution in [0.2, 0.25) is 0 Å². The van der Waals surface area contributed by atoms with E-state index in [1.807, 2.05) is 66.7 Å². The zero-order valence-corrected chi connectivity index (χ0v) is 69.2. The van der Waals surface area contributed by atoms with Gasteiger partial charge >= 0.3 is 60.5 Å². The van der Waals surface area contributed by atoms with Crippen molar-refractivity contribution in [1.82, 2.24) is 58.7 Å². The Kier molecular flexibility index (Phi) is 32.4. The van der Waals surface area contributed by atoms with Gasteiger partial charge in [-0.3, -0.25) is 28.2 Å². The smallest absolute Gasteiger partial charge is 1.00 e. The van der Waals surface area contributed by atoms with Crippen molar-refractivity contribution >= 4 is 136 Å². The second-order valence-electron chi connectivity index (χ2n) is 26.6. The van der Waals surface area contributed by atoms with Crippen molar-refractivity contribution in [2.24, 2.45) is 21.1 Å². The fourth-order valence-corrected chi connectivity index (χ4v) is 12.4. The number of rotatable bonds is 14. The molecule has 16 rings (SSSR count). The Morgan fingerprint density at radius 3 is 1.11 bits per heavy atom. The van der Waals surface area contributed by atoms with Gasteiger partial charge in [0.15, 0.2) is 17.4 Å². The Hall–Kier alpha value is -12.3. The van der Waals surface area contributed by atoms with Crippen molar-refractivity contribution in [3.63, 3.8) is 0 Å². The molecule has 6 N–H and O–H groups in total. The van der Waals surface area contributed by atoms with E-state index in [0.29, 0.717) is 55.9 Å². The Morgan fingerprint density at radius 2 is 0.784 bits per heavy atom. The second kappa shape index (κ2) is 41.9. The molecule has 0 atom stereocenters. The average molecular weight is 1810 g/mol. The number of aryl methyl sites for hydroxylation is 3. The van der Waals surface area contributed by atoms with Gasteiger partial charge in [0.1, 0.15) is 17.5 Å². The normalized spacial score (nSPS) is 11.8. The number of carbonyl (C=O) groups excluding carboxylic acids is 4. The number of aliphatic hydroxyl groups is 1. The summed E-state index contributed by atoms with van der Waals surface area (Å²) >= 11 is 13.8. The molecule has 0 unspecified atom stereocenters. The molecule has 0 aliphatic carbocycles. The Labute approximate surface area is 743 Å². The molecule has 1 aliphatic heterocycles. The third-order valence-corrected chi connectivity index (χ3v) is 18.1. The minimum absolute atomic E-state index is 0. The largest absolute Gasteiger partial charge is 1.00 e. The van der Waals surface area contributed by atoms with Gasteiger partial charge in [-0.25, -0.2) is 28.4 Å². The molecule has 1 aliphatic rings. The number of nitrogens with two attached hydrogens (primary N) is 1. The van der Waals surface area contributed by atoms with Gasteiger partial charge in [-0.05, 0) is 210 Å². The summed E-state index contributed by atoms with van der Waals surface area (Å²) in [5.41, 5.74) is 8.13. The van der Waals surface area contributed by atoms with Gasteiger partial charge < -0.3 is 42.2 Å². The first-order valence-corrected chi connectivity index (χ1v) is 40.8. The van der Waals surface area contributed by atoms with E-state index in [-0.39, 0.29) is 106 Å². The number of anilines is 3. The first-order chi connectivity index (χ1) is 58.4. The predicted octanol–water partition coefficient (Wildman–Crippen LogP) is 15.4. The Balaban J connectivity index is 0.000000205. The molecule has 26 nitrogen and oxygen atoms in total. The summed E-state index contributed by atoms with van der Waals surface area (Å²) < 4.78 is 154. The minimum Gasteiger partial charge on any atom is -1.00 e. The van der Waals surface area contributed by atoms with Crippen LogP contribution in [0.1, 0.15) is 88.3 Å². The molecule has 1 saturated heterocycles. The van der Waals surface area contributed by atoms with Crippen LogP contribution in [0.25, 0.3) is 83.5 Å². The maximum atomic E-state index is 13.7. The number of methoxy groups -OCH3 is 2. The van der Waals surface area contributed by atoms with Crippen molar-refractivity contribution in [3.8, 4) is 50.8 Å². The number of carbonyl (C=O) groups is 5. The van der Waals surface area contributed by atoms with Crippen LogP contribution in [0.15, 0.2) is 237 Å². The number of ether oxygens (including phenoxy) is 3. The monoisotopic (exact) mass is 1810 g/mol. The summed E-state index contributed by atoms with van der Waals surface area (Å²) in [5, 5.41) is 48.2. The second-order valence-corrected chi connectivity index (χ2v) is 33.3. The number of hydrogen-bond donors (Lipinski definition) is 5. The number of halogens is 12. The summed E-state index contributed by atoms with van der Waals surface area (Å²) in [6.45, 7) is 1.80. The number of fused-ring (bicyclic) bond motifs is 3. The van der Waals surface area contributed by atoms with E-state index >= 15 is 0 Å². The number of nitrogens with one attached hydrogen (secondary N) is 2. The molecule has 7 heterocycles. The molecule has 644 valence electrons. The van der Waals surface area contributed by atoms with E-state index in [1.54, 1.807) is 103 Å². The first-order valence-electron chi connectivity index (χ1n) is 36.4. The molecule has 6 aromatic heterocycles. The van der Waals surface area contributed by atoms with Gasteiger partial charge in [0, 0.05) is 96.9 Å². The Morgan fingerprint density at radius 1 is 0.464 bits per heavy atom. The van der Waals surface area contributed by atoms with Crippen molar-refractivity contribution in [3.05, 3.63) is 287 Å². The maximum Gasteiger partial charge on any atom is 1.00 e. The van der Waals surface area contributed by atoms with Crippen LogP contribution < -0.4 is 35.2 Å². The Bertz CT molecular complexity index is 6400. The molecule has 0 saturated carbocycles. The zero-order valence-electron chi connectivity index (χ0n) is 67.0. The summed E-state index contributed by atoms with van der Waals surface area (Å²) in [7, 11) is 7.36. The van der Waals surface area contributed by atoms with E-state index in [9.17, 15) is 73.2 Å². The number of amides is 2. The number of carboxylic acids is 1. The van der Waals surface area contributed by atoms with Crippen LogP contribution in [-0.4, -0.2) is 143 Å². The van der Waals surface area contributed by atoms with Crippen molar-refractivity contribution in [2.45, 2.75) is 38.0 Å². The third-order valence-electron chi connectivity index (χ3n) is 18.1. The van der Waals surface area contributed by atoms with E-state index in [2.05, 4.69) is 74.9 Å². The molecule has 125 heavy (non-hydrogen) atoms. The van der Waals surface area contributed by atoms with Gasteiger partial charge in [0.05, 0.1) is 105 Å². The number of esters is 2. The van der Waals surface area contributed by atoms with Gasteiger partial charge in [-0.1, -0.05) is 60.7 Å². The number of hydrogen-bond acceptors (Lipinski definition) is 17. The number of benzene rings is 9. The van der Waals surface area contributed by atoms with Crippen LogP contribution in [0.5, 0.6) is 0 Å². The van der Waals surface area contributed by atoms with E-state index in [4.69, 9.17) is 25.1 Å². The average Bonchev–Trinajstić information content (AvgIpc) is 1.60. The number of para-hydroxylation sites is 3. The molecular weight excluding hydrogens is 1740 g/mol. The number of carboxylic acid groups (broad SMARTS) is 1. The molecule has 0 radical (unpaired) electrons. The van der Waals surface area contributed by atoms with Crippen molar-refractivity contribution < 1.29 is 113 Å². The number of aliphatic hydroxyl groups excluding tert-OH is 1. The molecule has 0 spiro atoms. The van der Waals surface area contributed by atoms with Gasteiger partial charge in [0.25, 0.3) is 11.8 Å². The van der Waals surface area contributed by atoms with Crippen LogP contribution in [0.3, 0.4) is 0 Å². The molecular formula is C84H74AlCl3F9LiN15O11P. The SMILES string of the molecule is C1CCOC1.COC(=O)c1ccc2nn(-c3ccccc3)c(N)c2c1.COC(=O)c1ccc2nn(-c3ccccc3)c(NC(=O)c3ccc(C(F)(F)F)c(-c4ccn(C)n4)c3)c2c1.Cn1ccc(-c2cc(C(=O)Nc3c4cc(CO)ccc4nn3-c3ccccc3)ccc2C(F)(F)F)n1.Cn1ccc(-c2cc(C(=O)O)ccc2C(F)(F)F)n1.O=P(Cl)(Cl)Cl.[AlH3].[H-].[Li+]. The minimum atomic E-state index is -4.64. The molecule has 1 fully saturated rings. The number of aromatic nitrogens is 12. The van der Waals surface area contributed by atoms with Crippen LogP contribution in [-0.2, 0) is 65.1 Å². The summed E-state index contributed by atoms with van der Waals surface area (Å²) in [6, 6.07) is 56.0. The molecule has 41 heteroatoms. The maximum absolute atomic E-state index is 13.7. The van der Waals surface area contributed by atoms with Gasteiger partial charge in [0.2, 0.25) is 0 Å². The van der Waals surface area contributed by atoms with E-state index in [0.717, 1.165) is 78.3 Å². The molecule has 2 amide bonds. The topological polar surface area (TPSA) is 328 Å². The van der Waals surface area contributed by atoms with E-state index in [1.165, 1.54) is 94.7 Å². The number of nitrogen functional groups attached to an aromatic ring is 1. The van der Waals surface area contributed by atoms with E-state index < -0.39 is 70.1 Å². The molecule has 0 bridgehead atoms. The van der Waals surface area contributed by atoms with Crippen molar-refractivity contribution in [2.75, 3.05) is 43.8 Å². The first kappa shape index (κ1) is 96.5. The predicted molar refractivity (Wildman–Crippen MR) is 456 cm³/mol. The molecule has 9 aromatic carbocycles. The molecule has 15 aromatic rings. The van der Waals surface area contributed by atoms with Crippen LogP contribution >= 0.6 is 38.9 Å². The summed E-state index contributed by atoms with van der Waals surface area (Å²) in [6.07, 6.45) is -6.73. The summed E-state index contributed by atoms with van der Waals surface area (Å²) in [5.74, 6) is -2.47. The van der Waals surface area contributed by atoms with Crippen molar-refractivity contribution in [1.29, 1.82) is 0 Å². The van der Waals surface area contributed by atoms with Crippen LogP contribution in [0, 0.1) is 0 Å². The fourth-order valence-electron chi connectivity index (χ4n) is 12.4. The quantitative estimate of drug-likeness (QED) is 0.0292. The third kappa shape index (κ3) is 24.6. The number of aromatic carboxylic acids is 1. The van der Waals surface area contributed by atoms with Crippen LogP contribution in [0.4, 0.5) is 57.0 Å². The number of alkyl halides is 9. The standard InChI is InChI=1S/C27H20F3N5O3.C26H20F3N5O2.C15H13N3O2.C12H9F3N2O2.C4H8O.Al.Cl3OP.Li.4H/c1-34-13-12-23(32-34)19-14-16(8-10-21(19)27(28,29)30)25(36)31-24-20-15-17(26(37)38-2)9-11-22(20)33-35(24)18-6-4-3-5-7-18;1-33-12-11-23(31-33)19-14-17(8-9-21(19)26(27,28)29)25(36)30-24-20-13-16(15-35)7-10-22(20)32-34(24)18-5-3-2-4-6-18;1-20-15(19)10-7-8-13-12(9-10)14(16)18(17-13)11-5-3-2-4-6-11;1-17-5-4-10(16-17)8-6-7(11(18)19)2-3-9(8)12(13,14)15;1-2-4-5-3-1;;1-5(2,3)4;;;;;/h3-15H,1-2H3,(H,31,36);2-14,35H,15H2,1H3,(H,30,36);2-9H,16H2,1H3;2-6H,1H3,(H,18,19);1-4H2;;;;;;;/q;;;;;;;+1;;;;-1. The fraction of sp³-hybridized carbons (Fsp3) is 0.155. The van der Waals surface area contributed by atoms with Gasteiger partial charge in [-0.15, -0.1) is 0 Å². The summed E-state index contributed by atoms with van der Waals surface area (Å²) in [4.78, 5) is 61.3.